The van der Waals surface area contributed by atoms with Crippen molar-refractivity contribution in [3.63, 3.8) is 0 Å². The molecule has 0 atom stereocenters. The van der Waals surface area contributed by atoms with Gasteiger partial charge >= 0.3 is 0 Å². The Morgan fingerprint density at radius 3 is 3.00 bits per heavy atom. The number of hydrogen-bond acceptors (Lipinski definition) is 4. The Kier molecular flexibility index (Phi) is 1.70. The predicted molar refractivity (Wildman–Crippen MR) is 57.9 cm³/mol. The summed E-state index contributed by atoms with van der Waals surface area (Å²) in [6.45, 7) is 3.76. The SMILES string of the molecule is Cc1ccn2nc(N3CC(N)C3)nc2c1. The molecule has 5 heteroatoms. The maximum atomic E-state index is 5.72. The van der Waals surface area contributed by atoms with Crippen molar-refractivity contribution in [1.82, 2.24) is 14.6 Å². The minimum Gasteiger partial charge on any atom is -0.336 e. The number of nitrogens with zero attached hydrogens (tertiary/aromatic N) is 4. The molecule has 1 saturated heterocycles. The van der Waals surface area contributed by atoms with Crippen LogP contribution in [0.1, 0.15) is 5.56 Å². The molecule has 0 aliphatic carbocycles. The lowest BCUT2D eigenvalue weighted by Gasteiger charge is -2.35. The molecule has 0 bridgehead atoms. The number of anilines is 1. The highest BCUT2D eigenvalue weighted by Gasteiger charge is 2.26. The Morgan fingerprint density at radius 2 is 2.27 bits per heavy atom. The summed E-state index contributed by atoms with van der Waals surface area (Å²) in [5, 5.41) is 4.39. The molecule has 1 aliphatic heterocycles. The molecule has 2 aromatic heterocycles. The number of nitrogens with two attached hydrogens (primary N) is 1. The van der Waals surface area contributed by atoms with Crippen LogP contribution in [0.15, 0.2) is 18.3 Å². The van der Waals surface area contributed by atoms with Crippen LogP contribution in [0.4, 0.5) is 5.95 Å². The maximum absolute atomic E-state index is 5.72. The van der Waals surface area contributed by atoms with Crippen LogP contribution in [0, 0.1) is 6.92 Å². The lowest BCUT2D eigenvalue weighted by atomic mass is 10.1. The molecule has 0 spiro atoms. The van der Waals surface area contributed by atoms with E-state index in [0.29, 0.717) is 0 Å². The van der Waals surface area contributed by atoms with Crippen LogP contribution in [-0.4, -0.2) is 33.7 Å². The van der Waals surface area contributed by atoms with Crippen molar-refractivity contribution in [2.45, 2.75) is 13.0 Å². The Labute approximate surface area is 87.5 Å². The van der Waals surface area contributed by atoms with E-state index in [-0.39, 0.29) is 6.04 Å². The van der Waals surface area contributed by atoms with E-state index in [1.165, 1.54) is 5.56 Å². The topological polar surface area (TPSA) is 59.5 Å². The average Bonchev–Trinajstić information content (AvgIpc) is 2.55. The van der Waals surface area contributed by atoms with Crippen molar-refractivity contribution < 1.29 is 0 Å². The van der Waals surface area contributed by atoms with E-state index in [2.05, 4.69) is 15.0 Å². The second kappa shape index (κ2) is 2.93. The van der Waals surface area contributed by atoms with Crippen LogP contribution >= 0.6 is 0 Å². The third-order valence-electron chi connectivity index (χ3n) is 2.67. The van der Waals surface area contributed by atoms with Gasteiger partial charge in [-0.25, -0.2) is 4.52 Å². The Balaban J connectivity index is 1.99. The molecule has 3 rings (SSSR count). The molecule has 0 aromatic carbocycles. The Hall–Kier alpha value is -1.62. The zero-order valence-electron chi connectivity index (χ0n) is 8.59. The van der Waals surface area contributed by atoms with Gasteiger partial charge in [0.2, 0.25) is 5.95 Å². The fourth-order valence-electron chi connectivity index (χ4n) is 1.78. The van der Waals surface area contributed by atoms with Gasteiger partial charge in [-0.1, -0.05) is 0 Å². The van der Waals surface area contributed by atoms with Gasteiger partial charge in [0.1, 0.15) is 0 Å². The minimum absolute atomic E-state index is 0.276. The van der Waals surface area contributed by atoms with Crippen molar-refractivity contribution in [2.75, 3.05) is 18.0 Å². The van der Waals surface area contributed by atoms with E-state index in [9.17, 15) is 0 Å². The fourth-order valence-corrected chi connectivity index (χ4v) is 1.78. The summed E-state index contributed by atoms with van der Waals surface area (Å²) < 4.78 is 1.80. The van der Waals surface area contributed by atoms with E-state index in [4.69, 9.17) is 5.73 Å². The third-order valence-corrected chi connectivity index (χ3v) is 2.67. The molecule has 0 radical (unpaired) electrons. The van der Waals surface area contributed by atoms with E-state index < -0.39 is 0 Å². The molecular weight excluding hydrogens is 190 g/mol. The van der Waals surface area contributed by atoms with E-state index >= 15 is 0 Å². The first-order chi connectivity index (χ1) is 7.22. The monoisotopic (exact) mass is 203 g/mol. The van der Waals surface area contributed by atoms with E-state index in [1.54, 1.807) is 4.52 Å². The number of hydrogen-bond donors (Lipinski definition) is 1. The third kappa shape index (κ3) is 1.35. The quantitative estimate of drug-likeness (QED) is 0.718. The van der Waals surface area contributed by atoms with Gasteiger partial charge in [-0.2, -0.15) is 4.98 Å². The molecule has 78 valence electrons. The van der Waals surface area contributed by atoms with Gasteiger partial charge in [0.15, 0.2) is 5.65 Å². The van der Waals surface area contributed by atoms with Crippen molar-refractivity contribution in [3.8, 4) is 0 Å². The standard InChI is InChI=1S/C10H13N5/c1-7-2-3-15-9(4-7)12-10(13-15)14-5-8(11)6-14/h2-4,8H,5-6,11H2,1H3. The molecule has 2 N–H and O–H groups in total. The smallest absolute Gasteiger partial charge is 0.245 e. The van der Waals surface area contributed by atoms with Gasteiger partial charge in [-0.05, 0) is 24.6 Å². The van der Waals surface area contributed by atoms with Crippen LogP contribution in [0.25, 0.3) is 5.65 Å². The molecule has 5 nitrogen and oxygen atoms in total. The largest absolute Gasteiger partial charge is 0.336 e. The summed E-state index contributed by atoms with van der Waals surface area (Å²) in [4.78, 5) is 6.54. The fraction of sp³-hybridized carbons (Fsp3) is 0.400. The number of aryl methyl sites for hydroxylation is 1. The van der Waals surface area contributed by atoms with Gasteiger partial charge in [0.25, 0.3) is 0 Å². The highest BCUT2D eigenvalue weighted by Crippen LogP contribution is 2.16. The van der Waals surface area contributed by atoms with Crippen LogP contribution in [0.2, 0.25) is 0 Å². The average molecular weight is 203 g/mol. The number of pyridine rings is 1. The Morgan fingerprint density at radius 1 is 1.47 bits per heavy atom. The Bertz CT molecular complexity index is 497. The maximum Gasteiger partial charge on any atom is 0.245 e. The van der Waals surface area contributed by atoms with Gasteiger partial charge in [-0.3, -0.25) is 0 Å². The lowest BCUT2D eigenvalue weighted by Crippen LogP contribution is -2.56. The van der Waals surface area contributed by atoms with Crippen molar-refractivity contribution in [2.24, 2.45) is 5.73 Å². The minimum atomic E-state index is 0.276. The summed E-state index contributed by atoms with van der Waals surface area (Å²) in [6.07, 6.45) is 1.93. The predicted octanol–water partition coefficient (Wildman–Crippen LogP) is 0.185. The van der Waals surface area contributed by atoms with Gasteiger partial charge in [-0.15, -0.1) is 5.10 Å². The summed E-state index contributed by atoms with van der Waals surface area (Å²) in [6, 6.07) is 4.32. The molecular formula is C10H13N5. The highest BCUT2D eigenvalue weighted by molar-refractivity contribution is 5.47. The van der Waals surface area contributed by atoms with Crippen molar-refractivity contribution >= 4 is 11.6 Å². The lowest BCUT2D eigenvalue weighted by molar-refractivity contribution is 0.509. The number of fused-ring (bicyclic) bond motifs is 1. The van der Waals surface area contributed by atoms with Crippen LogP contribution in [0.5, 0.6) is 0 Å². The highest BCUT2D eigenvalue weighted by atomic mass is 15.4. The van der Waals surface area contributed by atoms with Crippen LogP contribution in [-0.2, 0) is 0 Å². The molecule has 0 saturated carbocycles. The van der Waals surface area contributed by atoms with Crippen molar-refractivity contribution in [3.05, 3.63) is 23.9 Å². The molecule has 3 heterocycles. The molecule has 1 aliphatic rings. The van der Waals surface area contributed by atoms with Gasteiger partial charge in [0, 0.05) is 25.3 Å². The van der Waals surface area contributed by atoms with Crippen LogP contribution < -0.4 is 10.6 Å². The number of aromatic nitrogens is 3. The summed E-state index contributed by atoms with van der Waals surface area (Å²) in [5.74, 6) is 0.780. The summed E-state index contributed by atoms with van der Waals surface area (Å²) in [5.41, 5.74) is 7.81. The zero-order valence-corrected chi connectivity index (χ0v) is 8.59. The number of rotatable bonds is 1. The van der Waals surface area contributed by atoms with E-state index in [0.717, 1.165) is 24.7 Å². The second-order valence-corrected chi connectivity index (χ2v) is 4.08. The van der Waals surface area contributed by atoms with E-state index in [1.807, 2.05) is 25.3 Å². The van der Waals surface area contributed by atoms with Gasteiger partial charge in [0.05, 0.1) is 0 Å². The normalized spacial score (nSPS) is 17.1. The summed E-state index contributed by atoms with van der Waals surface area (Å²) >= 11 is 0. The second-order valence-electron chi connectivity index (χ2n) is 4.08. The molecule has 0 amide bonds. The zero-order chi connectivity index (χ0) is 10.4. The van der Waals surface area contributed by atoms with Crippen LogP contribution in [0.3, 0.4) is 0 Å². The first-order valence-corrected chi connectivity index (χ1v) is 5.06. The molecule has 15 heavy (non-hydrogen) atoms. The van der Waals surface area contributed by atoms with Gasteiger partial charge < -0.3 is 10.6 Å². The summed E-state index contributed by atoms with van der Waals surface area (Å²) in [7, 11) is 0. The molecule has 1 fully saturated rings. The van der Waals surface area contributed by atoms with Crippen molar-refractivity contribution in [1.29, 1.82) is 0 Å². The molecule has 0 unspecified atom stereocenters. The molecule has 2 aromatic rings. The first kappa shape index (κ1) is 8.67. The first-order valence-electron chi connectivity index (χ1n) is 5.06.